The molecule has 0 aromatic heterocycles. The summed E-state index contributed by atoms with van der Waals surface area (Å²) in [7, 11) is 0. The molecule has 0 bridgehead atoms. The number of rotatable bonds is 44. The molecular weight excluding hydrogens is 793 g/mol. The minimum Gasteiger partial charge on any atom is -0.462 e. The number of carbonyl (C=O) groups excluding carboxylic acids is 3. The first-order valence-corrected chi connectivity index (χ1v) is 25.7. The zero-order valence-corrected chi connectivity index (χ0v) is 41.0. The Morgan fingerprint density at radius 3 is 0.984 bits per heavy atom. The molecule has 0 spiro atoms. The molecule has 0 aliphatic rings. The molecule has 0 saturated heterocycles. The van der Waals surface area contributed by atoms with Gasteiger partial charge in [0.2, 0.25) is 0 Å². The second-order valence-corrected chi connectivity index (χ2v) is 16.5. The van der Waals surface area contributed by atoms with E-state index in [0.29, 0.717) is 19.3 Å². The van der Waals surface area contributed by atoms with Crippen molar-refractivity contribution in [3.8, 4) is 0 Å². The fourth-order valence-electron chi connectivity index (χ4n) is 6.57. The molecule has 64 heavy (non-hydrogen) atoms. The van der Waals surface area contributed by atoms with Gasteiger partial charge in [-0.2, -0.15) is 0 Å². The molecule has 1 atom stereocenters. The maximum absolute atomic E-state index is 12.8. The number of hydrogen-bond acceptors (Lipinski definition) is 6. The van der Waals surface area contributed by atoms with Crippen LogP contribution in [0.4, 0.5) is 0 Å². The molecule has 0 amide bonds. The summed E-state index contributed by atoms with van der Waals surface area (Å²) in [6.45, 7) is 6.27. The van der Waals surface area contributed by atoms with Crippen molar-refractivity contribution >= 4 is 17.9 Å². The highest BCUT2D eigenvalue weighted by Crippen LogP contribution is 2.13. The monoisotopic (exact) mass is 885 g/mol. The number of allylic oxidation sites excluding steroid dienone is 20. The highest BCUT2D eigenvalue weighted by Gasteiger charge is 2.19. The van der Waals surface area contributed by atoms with Crippen LogP contribution in [0, 0.1) is 0 Å². The highest BCUT2D eigenvalue weighted by atomic mass is 16.6. The lowest BCUT2D eigenvalue weighted by molar-refractivity contribution is -0.167. The normalized spacial score (nSPS) is 13.1. The van der Waals surface area contributed by atoms with Gasteiger partial charge < -0.3 is 14.2 Å². The van der Waals surface area contributed by atoms with Crippen molar-refractivity contribution in [1.82, 2.24) is 0 Å². The van der Waals surface area contributed by atoms with Crippen molar-refractivity contribution in [3.05, 3.63) is 122 Å². The van der Waals surface area contributed by atoms with Crippen LogP contribution < -0.4 is 0 Å². The van der Waals surface area contributed by atoms with Crippen LogP contribution in [-0.4, -0.2) is 37.2 Å². The van der Waals surface area contributed by atoms with Crippen LogP contribution in [0.5, 0.6) is 0 Å². The fraction of sp³-hybridized carbons (Fsp3) is 0.603. The van der Waals surface area contributed by atoms with Crippen molar-refractivity contribution in [2.75, 3.05) is 13.2 Å². The first-order valence-electron chi connectivity index (χ1n) is 25.7. The number of esters is 3. The molecule has 0 aliphatic heterocycles. The van der Waals surface area contributed by atoms with Crippen LogP contribution in [-0.2, 0) is 28.6 Å². The lowest BCUT2D eigenvalue weighted by Gasteiger charge is -2.18. The quantitative estimate of drug-likeness (QED) is 0.0262. The summed E-state index contributed by atoms with van der Waals surface area (Å²) >= 11 is 0. The van der Waals surface area contributed by atoms with Gasteiger partial charge in [0.1, 0.15) is 13.2 Å². The van der Waals surface area contributed by atoms with Crippen molar-refractivity contribution in [2.45, 2.75) is 213 Å². The average Bonchev–Trinajstić information content (AvgIpc) is 3.29. The first kappa shape index (κ1) is 59.8. The Hall–Kier alpha value is -4.19. The van der Waals surface area contributed by atoms with Gasteiger partial charge in [-0.3, -0.25) is 14.4 Å². The molecule has 1 unspecified atom stereocenters. The summed E-state index contributed by atoms with van der Waals surface area (Å²) in [4.78, 5) is 38.0. The predicted molar refractivity (Wildman–Crippen MR) is 274 cm³/mol. The Morgan fingerprint density at radius 1 is 0.328 bits per heavy atom. The summed E-state index contributed by atoms with van der Waals surface area (Å²) < 4.78 is 16.7. The van der Waals surface area contributed by atoms with Gasteiger partial charge in [0.05, 0.1) is 0 Å². The second kappa shape index (κ2) is 51.4. The third kappa shape index (κ3) is 48.8. The molecule has 0 rings (SSSR count). The molecule has 0 aromatic rings. The smallest absolute Gasteiger partial charge is 0.306 e. The van der Waals surface area contributed by atoms with Gasteiger partial charge >= 0.3 is 17.9 Å². The summed E-state index contributed by atoms with van der Waals surface area (Å²) in [5, 5.41) is 0. The number of carbonyl (C=O) groups is 3. The van der Waals surface area contributed by atoms with E-state index in [4.69, 9.17) is 14.2 Å². The highest BCUT2D eigenvalue weighted by molar-refractivity contribution is 5.71. The Morgan fingerprint density at radius 2 is 0.609 bits per heavy atom. The maximum Gasteiger partial charge on any atom is 0.306 e. The van der Waals surface area contributed by atoms with E-state index in [0.717, 1.165) is 109 Å². The zero-order chi connectivity index (χ0) is 46.5. The fourth-order valence-corrected chi connectivity index (χ4v) is 6.57. The lowest BCUT2D eigenvalue weighted by atomic mass is 10.1. The van der Waals surface area contributed by atoms with Crippen LogP contribution in [0.3, 0.4) is 0 Å². The Balaban J connectivity index is 4.53. The summed E-state index contributed by atoms with van der Waals surface area (Å²) in [6, 6.07) is 0. The van der Waals surface area contributed by atoms with E-state index in [1.54, 1.807) is 0 Å². The second-order valence-electron chi connectivity index (χ2n) is 16.5. The molecule has 0 fully saturated rings. The van der Waals surface area contributed by atoms with Gasteiger partial charge in [0.15, 0.2) is 6.10 Å². The summed E-state index contributed by atoms with van der Waals surface area (Å²) in [5.41, 5.74) is 0. The minimum atomic E-state index is -0.818. The molecule has 360 valence electrons. The van der Waals surface area contributed by atoms with Crippen LogP contribution in [0.1, 0.15) is 207 Å². The number of hydrogen-bond donors (Lipinski definition) is 0. The topological polar surface area (TPSA) is 78.9 Å². The molecule has 0 heterocycles. The molecule has 6 nitrogen and oxygen atoms in total. The predicted octanol–water partition coefficient (Wildman–Crippen LogP) is 16.9. The molecule has 0 N–H and O–H groups in total. The van der Waals surface area contributed by atoms with Gasteiger partial charge in [-0.25, -0.2) is 0 Å². The summed E-state index contributed by atoms with van der Waals surface area (Å²) in [6.07, 6.45) is 70.4. The van der Waals surface area contributed by atoms with Crippen LogP contribution in [0.25, 0.3) is 0 Å². The van der Waals surface area contributed by atoms with Crippen molar-refractivity contribution in [2.24, 2.45) is 0 Å². The molecule has 6 heteroatoms. The van der Waals surface area contributed by atoms with Crippen molar-refractivity contribution < 1.29 is 28.6 Å². The minimum absolute atomic E-state index is 0.114. The van der Waals surface area contributed by atoms with Crippen molar-refractivity contribution in [3.63, 3.8) is 0 Å². The van der Waals surface area contributed by atoms with E-state index in [9.17, 15) is 14.4 Å². The van der Waals surface area contributed by atoms with Gasteiger partial charge in [-0.15, -0.1) is 0 Å². The van der Waals surface area contributed by atoms with E-state index >= 15 is 0 Å². The standard InChI is InChI=1S/C58H92O6/c1-4-7-10-13-16-19-22-25-27-28-29-31-33-36-39-42-45-48-51-57(60)63-54-55(53-62-56(59)50-47-44-41-38-35-32-24-21-18-15-12-9-6-3)64-58(61)52-49-46-43-40-37-34-30-26-23-20-17-14-11-8-5-2/h8-9,11-12,14-15,17-18,20-21,23-24,26-31,34,37,55H,4-7,10,13,16,19,22,25,32-33,35-36,38-54H2,1-3H3/b11-8-,12-9-,17-14-,18-15-,23-20-,24-21-,28-27-,30-26-,31-29-,37-34-. The third-order valence-corrected chi connectivity index (χ3v) is 10.4. The van der Waals surface area contributed by atoms with E-state index in [-0.39, 0.29) is 37.5 Å². The molecule has 0 saturated carbocycles. The molecule has 0 aliphatic carbocycles. The van der Waals surface area contributed by atoms with E-state index in [1.165, 1.54) is 51.4 Å². The lowest BCUT2D eigenvalue weighted by Crippen LogP contribution is -2.30. The molecular formula is C58H92O6. The van der Waals surface area contributed by atoms with E-state index in [1.807, 2.05) is 54.7 Å². The average molecular weight is 885 g/mol. The Bertz CT molecular complexity index is 1390. The summed E-state index contributed by atoms with van der Waals surface area (Å²) in [5.74, 6) is -0.999. The van der Waals surface area contributed by atoms with Gasteiger partial charge in [-0.05, 0) is 83.5 Å². The van der Waals surface area contributed by atoms with E-state index < -0.39 is 6.10 Å². The zero-order valence-electron chi connectivity index (χ0n) is 41.0. The maximum atomic E-state index is 12.8. The molecule has 0 aromatic carbocycles. The Kier molecular flexibility index (Phi) is 48.1. The van der Waals surface area contributed by atoms with Gasteiger partial charge in [0, 0.05) is 19.3 Å². The van der Waals surface area contributed by atoms with Gasteiger partial charge in [0.25, 0.3) is 0 Å². The SMILES string of the molecule is CC\C=C/C=C\C=C/C=C\C=C/CCCCCC(=O)OC(COC(=O)CCCCCCC\C=C/C=C\C=C/CC)COC(=O)CCCCCCC/C=C\C=C/CCCCCCCCC. The Labute approximate surface area is 392 Å². The van der Waals surface area contributed by atoms with Gasteiger partial charge in [-0.1, -0.05) is 226 Å². The third-order valence-electron chi connectivity index (χ3n) is 10.4. The van der Waals surface area contributed by atoms with Crippen LogP contribution in [0.2, 0.25) is 0 Å². The molecule has 0 radical (unpaired) electrons. The van der Waals surface area contributed by atoms with Crippen molar-refractivity contribution in [1.29, 1.82) is 0 Å². The van der Waals surface area contributed by atoms with Crippen LogP contribution in [0.15, 0.2) is 122 Å². The van der Waals surface area contributed by atoms with E-state index in [2.05, 4.69) is 87.6 Å². The number of unbranched alkanes of at least 4 members (excludes halogenated alkanes) is 20. The van der Waals surface area contributed by atoms with Crippen LogP contribution >= 0.6 is 0 Å². The number of ether oxygens (including phenoxy) is 3. The first-order chi connectivity index (χ1) is 31.5. The largest absolute Gasteiger partial charge is 0.462 e.